The number of carbonyl (C=O) groups is 1. The maximum absolute atomic E-state index is 13.4. The number of nitrogens with zero attached hydrogens (tertiary/aromatic N) is 2. The van der Waals surface area contributed by atoms with E-state index in [-0.39, 0.29) is 16.9 Å². The Morgan fingerprint density at radius 2 is 1.54 bits per heavy atom. The number of nitrogens with one attached hydrogen (secondary N) is 1. The van der Waals surface area contributed by atoms with Gasteiger partial charge >= 0.3 is 0 Å². The van der Waals surface area contributed by atoms with Crippen molar-refractivity contribution < 1.29 is 22.4 Å². The number of hydrogen-bond donors (Lipinski definition) is 1. The first-order chi connectivity index (χ1) is 12.4. The molecule has 0 fully saturated rings. The highest BCUT2D eigenvalue weighted by Gasteiger charge is 2.28. The van der Waals surface area contributed by atoms with Gasteiger partial charge in [0.15, 0.2) is 0 Å². The van der Waals surface area contributed by atoms with Gasteiger partial charge in [0.1, 0.15) is 17.3 Å². The van der Waals surface area contributed by atoms with Crippen LogP contribution >= 0.6 is 0 Å². The van der Waals surface area contributed by atoms with Gasteiger partial charge in [-0.1, -0.05) is 0 Å². The summed E-state index contributed by atoms with van der Waals surface area (Å²) in [6.45, 7) is 0. The molecule has 3 aromatic rings. The van der Waals surface area contributed by atoms with Crippen LogP contribution in [0.4, 0.5) is 23.2 Å². The largest absolute Gasteiger partial charge is 0.322 e. The van der Waals surface area contributed by atoms with Crippen LogP contribution < -0.4 is 5.32 Å². The standard InChI is InChI=1S/C18H13F4N3O/c1-25-16(10-2-4-11(19)5-3-10)14(15(24-25)17(21)22)18(26)23-13-8-6-12(20)7-9-13/h2-9,17H,1H3,(H,23,26). The van der Waals surface area contributed by atoms with E-state index in [1.165, 1.54) is 31.3 Å². The molecule has 0 bridgehead atoms. The Kier molecular flexibility index (Phi) is 4.75. The number of aromatic nitrogens is 2. The molecule has 1 heterocycles. The highest BCUT2D eigenvalue weighted by atomic mass is 19.3. The number of rotatable bonds is 4. The van der Waals surface area contributed by atoms with Crippen LogP contribution in [0, 0.1) is 11.6 Å². The second-order valence-corrected chi connectivity index (χ2v) is 5.50. The van der Waals surface area contributed by atoms with E-state index >= 15 is 0 Å². The van der Waals surface area contributed by atoms with Crippen molar-refractivity contribution in [1.29, 1.82) is 0 Å². The fourth-order valence-electron chi connectivity index (χ4n) is 2.59. The van der Waals surface area contributed by atoms with Gasteiger partial charge in [0.05, 0.1) is 11.3 Å². The SMILES string of the molecule is Cn1nc(C(F)F)c(C(=O)Nc2ccc(F)cc2)c1-c1ccc(F)cc1. The van der Waals surface area contributed by atoms with Crippen molar-refractivity contribution in [3.8, 4) is 11.3 Å². The quantitative estimate of drug-likeness (QED) is 0.691. The Bertz CT molecular complexity index is 934. The molecule has 3 rings (SSSR count). The summed E-state index contributed by atoms with van der Waals surface area (Å²) in [5, 5.41) is 6.19. The first-order valence-corrected chi connectivity index (χ1v) is 7.54. The summed E-state index contributed by atoms with van der Waals surface area (Å²) in [6.07, 6.45) is -2.98. The summed E-state index contributed by atoms with van der Waals surface area (Å²) in [5.74, 6) is -1.81. The maximum Gasteiger partial charge on any atom is 0.282 e. The van der Waals surface area contributed by atoms with Gasteiger partial charge in [0.25, 0.3) is 12.3 Å². The van der Waals surface area contributed by atoms with Crippen LogP contribution in [0.3, 0.4) is 0 Å². The van der Waals surface area contributed by atoms with E-state index in [4.69, 9.17) is 0 Å². The maximum atomic E-state index is 13.4. The molecule has 8 heteroatoms. The van der Waals surface area contributed by atoms with Gasteiger partial charge in [-0.2, -0.15) is 5.10 Å². The van der Waals surface area contributed by atoms with Crippen LogP contribution in [-0.2, 0) is 7.05 Å². The summed E-state index contributed by atoms with van der Waals surface area (Å²) < 4.78 is 54.1. The highest BCUT2D eigenvalue weighted by molar-refractivity contribution is 6.09. The van der Waals surface area contributed by atoms with E-state index in [0.717, 1.165) is 28.9 Å². The lowest BCUT2D eigenvalue weighted by Crippen LogP contribution is -2.15. The molecule has 1 amide bonds. The molecule has 0 aliphatic carbocycles. The lowest BCUT2D eigenvalue weighted by molar-refractivity contribution is 0.101. The number of alkyl halides is 2. The van der Waals surface area contributed by atoms with Gasteiger partial charge < -0.3 is 5.32 Å². The van der Waals surface area contributed by atoms with Crippen molar-refractivity contribution in [1.82, 2.24) is 9.78 Å². The van der Waals surface area contributed by atoms with Gasteiger partial charge in [0, 0.05) is 18.3 Å². The van der Waals surface area contributed by atoms with Crippen molar-refractivity contribution in [2.24, 2.45) is 7.05 Å². The Hall–Kier alpha value is -3.16. The van der Waals surface area contributed by atoms with Crippen LogP contribution in [-0.4, -0.2) is 15.7 Å². The van der Waals surface area contributed by atoms with Gasteiger partial charge in [-0.15, -0.1) is 0 Å². The monoisotopic (exact) mass is 363 g/mol. The van der Waals surface area contributed by atoms with Gasteiger partial charge in [-0.05, 0) is 48.5 Å². The van der Waals surface area contributed by atoms with Crippen molar-refractivity contribution in [3.63, 3.8) is 0 Å². The van der Waals surface area contributed by atoms with E-state index in [1.807, 2.05) is 0 Å². The van der Waals surface area contributed by atoms with Crippen LogP contribution in [0.1, 0.15) is 22.5 Å². The summed E-state index contributed by atoms with van der Waals surface area (Å²) in [6, 6.07) is 9.94. The minimum absolute atomic E-state index is 0.125. The summed E-state index contributed by atoms with van der Waals surface area (Å²) in [5.41, 5.74) is -0.284. The third kappa shape index (κ3) is 3.44. The molecule has 26 heavy (non-hydrogen) atoms. The van der Waals surface area contributed by atoms with E-state index in [0.29, 0.717) is 5.56 Å². The van der Waals surface area contributed by atoms with E-state index in [1.54, 1.807) is 0 Å². The van der Waals surface area contributed by atoms with Crippen LogP contribution in [0.5, 0.6) is 0 Å². The minimum atomic E-state index is -2.98. The van der Waals surface area contributed by atoms with Gasteiger partial charge in [-0.25, -0.2) is 17.6 Å². The lowest BCUT2D eigenvalue weighted by atomic mass is 10.0. The van der Waals surface area contributed by atoms with Gasteiger partial charge in [-0.3, -0.25) is 9.48 Å². The van der Waals surface area contributed by atoms with Crippen molar-refractivity contribution in [3.05, 3.63) is 71.4 Å². The number of carbonyl (C=O) groups excluding carboxylic acids is 1. The number of anilines is 1. The average Bonchev–Trinajstić information content (AvgIpc) is 2.95. The predicted molar refractivity (Wildman–Crippen MR) is 87.9 cm³/mol. The summed E-state index contributed by atoms with van der Waals surface area (Å²) >= 11 is 0. The molecule has 0 aliphatic rings. The van der Waals surface area contributed by atoms with Crippen LogP contribution in [0.25, 0.3) is 11.3 Å². The number of benzene rings is 2. The zero-order chi connectivity index (χ0) is 18.8. The molecule has 2 aromatic carbocycles. The Labute approximate surface area is 146 Å². The Balaban J connectivity index is 2.07. The predicted octanol–water partition coefficient (Wildman–Crippen LogP) is 4.56. The molecule has 0 radical (unpaired) electrons. The third-order valence-electron chi connectivity index (χ3n) is 3.73. The molecule has 0 atom stereocenters. The normalized spacial score (nSPS) is 11.0. The first kappa shape index (κ1) is 17.7. The third-order valence-corrected chi connectivity index (χ3v) is 3.73. The zero-order valence-electron chi connectivity index (χ0n) is 13.5. The molecule has 0 unspecified atom stereocenters. The van der Waals surface area contributed by atoms with E-state index in [2.05, 4.69) is 10.4 Å². The van der Waals surface area contributed by atoms with Gasteiger partial charge in [0.2, 0.25) is 0 Å². The first-order valence-electron chi connectivity index (χ1n) is 7.54. The highest BCUT2D eigenvalue weighted by Crippen LogP contribution is 2.32. The van der Waals surface area contributed by atoms with Crippen LogP contribution in [0.15, 0.2) is 48.5 Å². The average molecular weight is 363 g/mol. The minimum Gasteiger partial charge on any atom is -0.322 e. The Morgan fingerprint density at radius 3 is 2.08 bits per heavy atom. The number of halogens is 4. The molecular formula is C18H13F4N3O. The van der Waals surface area contributed by atoms with Crippen molar-refractivity contribution in [2.75, 3.05) is 5.32 Å². The van der Waals surface area contributed by atoms with E-state index < -0.39 is 29.7 Å². The summed E-state index contributed by atoms with van der Waals surface area (Å²) in [7, 11) is 1.42. The number of aryl methyl sites for hydroxylation is 1. The molecule has 134 valence electrons. The smallest absolute Gasteiger partial charge is 0.282 e. The fourth-order valence-corrected chi connectivity index (χ4v) is 2.59. The van der Waals surface area contributed by atoms with E-state index in [9.17, 15) is 22.4 Å². The van der Waals surface area contributed by atoms with Crippen LogP contribution in [0.2, 0.25) is 0 Å². The Morgan fingerprint density at radius 1 is 1.00 bits per heavy atom. The molecule has 1 N–H and O–H groups in total. The second kappa shape index (κ2) is 6.99. The molecular weight excluding hydrogens is 350 g/mol. The zero-order valence-corrected chi connectivity index (χ0v) is 13.5. The topological polar surface area (TPSA) is 46.9 Å². The van der Waals surface area contributed by atoms with Crippen molar-refractivity contribution in [2.45, 2.75) is 6.43 Å². The lowest BCUT2D eigenvalue weighted by Gasteiger charge is -2.09. The number of amides is 1. The molecule has 0 spiro atoms. The second-order valence-electron chi connectivity index (χ2n) is 5.50. The summed E-state index contributed by atoms with van der Waals surface area (Å²) in [4.78, 5) is 12.6. The van der Waals surface area contributed by atoms with Crippen molar-refractivity contribution >= 4 is 11.6 Å². The number of hydrogen-bond acceptors (Lipinski definition) is 2. The molecule has 0 saturated carbocycles. The molecule has 0 aliphatic heterocycles. The molecule has 1 aromatic heterocycles. The molecule has 4 nitrogen and oxygen atoms in total. The molecule has 0 saturated heterocycles. The fraction of sp³-hybridized carbons (Fsp3) is 0.111.